The van der Waals surface area contributed by atoms with Crippen LogP contribution in [-0.2, 0) is 20.9 Å². The van der Waals surface area contributed by atoms with Gasteiger partial charge in [-0.2, -0.15) is 0 Å². The van der Waals surface area contributed by atoms with E-state index < -0.39 is 11.9 Å². The first-order valence-electron chi connectivity index (χ1n) is 13.0. The van der Waals surface area contributed by atoms with E-state index in [1.165, 1.54) is 24.0 Å². The van der Waals surface area contributed by atoms with E-state index in [2.05, 4.69) is 65.6 Å². The van der Waals surface area contributed by atoms with Crippen molar-refractivity contribution >= 4 is 11.9 Å². The number of piperidine rings is 3. The molecule has 2 N–H and O–H groups in total. The molecule has 0 radical (unpaired) electrons. The summed E-state index contributed by atoms with van der Waals surface area (Å²) >= 11 is 0. The highest BCUT2D eigenvalue weighted by molar-refractivity contribution is 6.27. The van der Waals surface area contributed by atoms with E-state index in [9.17, 15) is 0 Å². The fraction of sp³-hybridized carbons (Fsp3) is 0.355. The van der Waals surface area contributed by atoms with Gasteiger partial charge in [0.2, 0.25) is 0 Å². The zero-order valence-electron chi connectivity index (χ0n) is 22.2. The molecule has 3 aromatic carbocycles. The summed E-state index contributed by atoms with van der Waals surface area (Å²) in [4.78, 5) is 20.9. The number of rotatable bonds is 8. The third-order valence-corrected chi connectivity index (χ3v) is 7.49. The van der Waals surface area contributed by atoms with Crippen LogP contribution in [0.3, 0.4) is 0 Å². The quantitative estimate of drug-likeness (QED) is 0.403. The number of hydrogen-bond acceptors (Lipinski definition) is 6. The molecule has 2 unspecified atom stereocenters. The van der Waals surface area contributed by atoms with Crippen LogP contribution in [0.4, 0.5) is 0 Å². The average Bonchev–Trinajstić information content (AvgIpc) is 2.98. The van der Waals surface area contributed by atoms with Crippen molar-refractivity contribution in [3.8, 4) is 11.5 Å². The van der Waals surface area contributed by atoms with E-state index in [0.717, 1.165) is 30.2 Å². The average molecular weight is 534 g/mol. The number of fused-ring (bicyclic) bond motifs is 3. The molecular weight excluding hydrogens is 498 g/mol. The van der Waals surface area contributed by atoms with Crippen LogP contribution in [-0.4, -0.2) is 66.5 Å². The molecular formula is C31H35NO7. The summed E-state index contributed by atoms with van der Waals surface area (Å²) in [5, 5.41) is 14.8. The second-order valence-corrected chi connectivity index (χ2v) is 9.77. The maximum Gasteiger partial charge on any atom is 0.414 e. The van der Waals surface area contributed by atoms with Crippen molar-refractivity contribution in [2.45, 2.75) is 37.5 Å². The smallest absolute Gasteiger partial charge is 0.414 e. The Hall–Kier alpha value is -3.88. The molecule has 3 fully saturated rings. The maximum atomic E-state index is 9.10. The first-order chi connectivity index (χ1) is 18.9. The molecule has 8 nitrogen and oxygen atoms in total. The predicted octanol–water partition coefficient (Wildman–Crippen LogP) is 4.67. The van der Waals surface area contributed by atoms with Gasteiger partial charge < -0.3 is 24.4 Å². The van der Waals surface area contributed by atoms with Crippen LogP contribution in [0.15, 0.2) is 78.9 Å². The van der Waals surface area contributed by atoms with E-state index in [1.54, 1.807) is 14.2 Å². The van der Waals surface area contributed by atoms with Gasteiger partial charge in [0.25, 0.3) is 0 Å². The largest absolute Gasteiger partial charge is 0.497 e. The number of benzene rings is 3. The second-order valence-electron chi connectivity index (χ2n) is 9.77. The topological polar surface area (TPSA) is 106 Å². The number of aliphatic carboxylic acids is 2. The number of carbonyl (C=O) groups is 2. The van der Waals surface area contributed by atoms with Gasteiger partial charge in [0.1, 0.15) is 11.5 Å². The Kier molecular flexibility index (Phi) is 9.57. The molecule has 2 bridgehead atoms. The van der Waals surface area contributed by atoms with Crippen LogP contribution in [0.2, 0.25) is 0 Å². The lowest BCUT2D eigenvalue weighted by atomic mass is 9.72. The van der Waals surface area contributed by atoms with Crippen molar-refractivity contribution in [1.82, 2.24) is 4.90 Å². The van der Waals surface area contributed by atoms with Crippen LogP contribution in [0.5, 0.6) is 11.5 Å². The predicted molar refractivity (Wildman–Crippen MR) is 146 cm³/mol. The molecule has 0 aliphatic carbocycles. The SMILES string of the molecule is COc1cc(COC2C3CCN(CC3)C2C(c2ccccc2)c2ccccc2)cc(OC)c1.O=C(O)C(=O)O. The molecule has 0 spiro atoms. The van der Waals surface area contributed by atoms with Gasteiger partial charge in [-0.15, -0.1) is 0 Å². The van der Waals surface area contributed by atoms with Gasteiger partial charge in [-0.05, 0) is 60.7 Å². The summed E-state index contributed by atoms with van der Waals surface area (Å²) in [6, 6.07) is 28.2. The Morgan fingerprint density at radius 2 is 1.31 bits per heavy atom. The summed E-state index contributed by atoms with van der Waals surface area (Å²) in [5.41, 5.74) is 3.80. The van der Waals surface area contributed by atoms with E-state index in [4.69, 9.17) is 34.0 Å². The lowest BCUT2D eigenvalue weighted by Crippen LogP contribution is -2.60. The summed E-state index contributed by atoms with van der Waals surface area (Å²) in [5.74, 6) is -1.19. The third-order valence-electron chi connectivity index (χ3n) is 7.49. The number of ether oxygens (including phenoxy) is 3. The molecule has 0 saturated carbocycles. The number of hydrogen-bond donors (Lipinski definition) is 2. The lowest BCUT2D eigenvalue weighted by molar-refractivity contribution is -0.159. The van der Waals surface area contributed by atoms with E-state index >= 15 is 0 Å². The molecule has 3 aromatic rings. The number of methoxy groups -OCH3 is 2. The van der Waals surface area contributed by atoms with Crippen LogP contribution >= 0.6 is 0 Å². The Morgan fingerprint density at radius 3 is 1.74 bits per heavy atom. The Balaban J connectivity index is 0.000000531. The van der Waals surface area contributed by atoms with Gasteiger partial charge in [0.15, 0.2) is 0 Å². The van der Waals surface area contributed by atoms with Crippen LogP contribution in [0.1, 0.15) is 35.4 Å². The molecule has 0 amide bonds. The lowest BCUT2D eigenvalue weighted by Gasteiger charge is -2.53. The molecule has 6 rings (SSSR count). The molecule has 2 atom stereocenters. The number of carboxylic acids is 2. The molecule has 3 saturated heterocycles. The fourth-order valence-corrected chi connectivity index (χ4v) is 5.72. The Morgan fingerprint density at radius 1 is 0.821 bits per heavy atom. The van der Waals surface area contributed by atoms with Crippen molar-refractivity contribution < 1.29 is 34.0 Å². The summed E-state index contributed by atoms with van der Waals surface area (Å²) < 4.78 is 17.7. The zero-order chi connectivity index (χ0) is 27.8. The Bertz CT molecular complexity index is 1150. The molecule has 3 aliphatic heterocycles. The minimum Gasteiger partial charge on any atom is -0.497 e. The molecule has 8 heteroatoms. The zero-order valence-corrected chi connectivity index (χ0v) is 22.2. The Labute approximate surface area is 228 Å². The van der Waals surface area contributed by atoms with E-state index in [-0.39, 0.29) is 12.0 Å². The summed E-state index contributed by atoms with van der Waals surface area (Å²) in [6.45, 7) is 2.85. The van der Waals surface area contributed by atoms with Crippen LogP contribution < -0.4 is 9.47 Å². The van der Waals surface area contributed by atoms with Gasteiger partial charge in [-0.1, -0.05) is 60.7 Å². The molecule has 0 aromatic heterocycles. The molecule has 39 heavy (non-hydrogen) atoms. The molecule has 3 heterocycles. The van der Waals surface area contributed by atoms with Crippen molar-refractivity contribution in [3.05, 3.63) is 95.6 Å². The van der Waals surface area contributed by atoms with Crippen molar-refractivity contribution in [3.63, 3.8) is 0 Å². The van der Waals surface area contributed by atoms with E-state index in [1.807, 2.05) is 18.2 Å². The minimum absolute atomic E-state index is 0.176. The van der Waals surface area contributed by atoms with Gasteiger partial charge in [-0.3, -0.25) is 4.90 Å². The molecule has 3 aliphatic rings. The second kappa shape index (κ2) is 13.3. The van der Waals surface area contributed by atoms with Crippen molar-refractivity contribution in [2.24, 2.45) is 5.92 Å². The first kappa shape index (κ1) is 28.1. The first-order valence-corrected chi connectivity index (χ1v) is 13.0. The van der Waals surface area contributed by atoms with Crippen molar-refractivity contribution in [2.75, 3.05) is 27.3 Å². The van der Waals surface area contributed by atoms with Gasteiger partial charge >= 0.3 is 11.9 Å². The van der Waals surface area contributed by atoms with Gasteiger partial charge in [0, 0.05) is 18.0 Å². The normalized spacial score (nSPS) is 21.5. The third kappa shape index (κ3) is 6.96. The summed E-state index contributed by atoms with van der Waals surface area (Å²) in [7, 11) is 3.38. The van der Waals surface area contributed by atoms with Gasteiger partial charge in [0.05, 0.1) is 26.9 Å². The van der Waals surface area contributed by atoms with Crippen molar-refractivity contribution in [1.29, 1.82) is 0 Å². The number of carboxylic acid groups (broad SMARTS) is 2. The van der Waals surface area contributed by atoms with Crippen LogP contribution in [0, 0.1) is 5.92 Å². The maximum absolute atomic E-state index is 9.10. The fourth-order valence-electron chi connectivity index (χ4n) is 5.72. The highest BCUT2D eigenvalue weighted by Gasteiger charge is 2.47. The highest BCUT2D eigenvalue weighted by atomic mass is 16.5. The monoisotopic (exact) mass is 533 g/mol. The van der Waals surface area contributed by atoms with E-state index in [0.29, 0.717) is 18.6 Å². The molecule has 206 valence electrons. The van der Waals surface area contributed by atoms with Crippen LogP contribution in [0.25, 0.3) is 0 Å². The minimum atomic E-state index is -1.82. The van der Waals surface area contributed by atoms with Gasteiger partial charge in [-0.25, -0.2) is 9.59 Å². The highest BCUT2D eigenvalue weighted by Crippen LogP contribution is 2.43. The summed E-state index contributed by atoms with van der Waals surface area (Å²) in [6.07, 6.45) is 2.59. The standard InChI is InChI=1S/C29H33NO3.C2H2O4/c1-31-25-17-21(18-26(19-25)32-2)20-33-29-24-13-15-30(16-14-24)28(29)27(22-9-5-3-6-10-22)23-11-7-4-8-12-23;3-1(4)2(5)6/h3-12,17-19,24,27-29H,13-16,20H2,1-2H3;(H,3,4)(H,5,6). The number of nitrogens with zero attached hydrogens (tertiary/aromatic N) is 1.